The Hall–Kier alpha value is -0.0731. The molecule has 2 aliphatic carbocycles. The first kappa shape index (κ1) is 9.48. The minimum atomic E-state index is -1.28. The van der Waals surface area contributed by atoms with Crippen LogP contribution >= 0.6 is 22.2 Å². The highest BCUT2D eigenvalue weighted by atomic mass is 35.7. The molecule has 0 amide bonds. The first-order chi connectivity index (χ1) is 6.22. The van der Waals surface area contributed by atoms with Gasteiger partial charge in [-0.25, -0.2) is 0 Å². The van der Waals surface area contributed by atoms with Crippen LogP contribution in [0.3, 0.4) is 0 Å². The van der Waals surface area contributed by atoms with E-state index in [1.807, 2.05) is 0 Å². The van der Waals surface area contributed by atoms with Crippen molar-refractivity contribution in [2.45, 2.75) is 6.42 Å². The van der Waals surface area contributed by atoms with Gasteiger partial charge in [-0.2, -0.15) is 0 Å². The SMILES string of the molecule is C=C=C1C2C=CC(C2)C1C=[Si](Cl)Cl. The number of hydrogen-bond donors (Lipinski definition) is 0. The van der Waals surface area contributed by atoms with Gasteiger partial charge >= 0.3 is 0 Å². The summed E-state index contributed by atoms with van der Waals surface area (Å²) in [5.74, 6) is 1.57. The fourth-order valence-corrected chi connectivity index (χ4v) is 3.81. The molecule has 0 saturated heterocycles. The van der Waals surface area contributed by atoms with Crippen LogP contribution in [0.2, 0.25) is 0 Å². The number of halogens is 2. The van der Waals surface area contributed by atoms with Crippen LogP contribution in [0.4, 0.5) is 0 Å². The maximum atomic E-state index is 5.84. The highest BCUT2D eigenvalue weighted by molar-refractivity contribution is 7.34. The van der Waals surface area contributed by atoms with Crippen molar-refractivity contribution < 1.29 is 0 Å². The topological polar surface area (TPSA) is 0 Å². The fraction of sp³-hybridized carbons (Fsp3) is 0.400. The minimum Gasteiger partial charge on any atom is -0.128 e. The Morgan fingerprint density at radius 1 is 1.54 bits per heavy atom. The van der Waals surface area contributed by atoms with Gasteiger partial charge in [0.05, 0.1) is 0 Å². The number of rotatable bonds is 1. The third kappa shape index (κ3) is 1.62. The van der Waals surface area contributed by atoms with Crippen molar-refractivity contribution in [3.05, 3.63) is 30.0 Å². The van der Waals surface area contributed by atoms with Gasteiger partial charge in [0.25, 0.3) is 0 Å². The second kappa shape index (κ2) is 3.59. The normalized spacial score (nSPS) is 34.9. The summed E-state index contributed by atoms with van der Waals surface area (Å²) in [5.41, 5.74) is 6.40. The van der Waals surface area contributed by atoms with Gasteiger partial charge in [-0.15, -0.1) is 27.9 Å². The molecule has 2 rings (SSSR count). The summed E-state index contributed by atoms with van der Waals surface area (Å²) >= 11 is 11.7. The molecule has 3 atom stereocenters. The first-order valence-corrected chi connectivity index (χ1v) is 7.93. The number of hydrogen-bond acceptors (Lipinski definition) is 0. The van der Waals surface area contributed by atoms with E-state index in [9.17, 15) is 0 Å². The van der Waals surface area contributed by atoms with Crippen molar-refractivity contribution in [3.8, 4) is 0 Å². The minimum absolute atomic E-state index is 0.413. The lowest BCUT2D eigenvalue weighted by atomic mass is 9.91. The Morgan fingerprint density at radius 3 is 2.92 bits per heavy atom. The average Bonchev–Trinajstić information content (AvgIpc) is 2.62. The highest BCUT2D eigenvalue weighted by Gasteiger charge is 2.38. The Bertz CT molecular complexity index is 333. The van der Waals surface area contributed by atoms with Gasteiger partial charge < -0.3 is 0 Å². The lowest BCUT2D eigenvalue weighted by Crippen LogP contribution is -2.13. The van der Waals surface area contributed by atoms with Gasteiger partial charge in [0, 0.05) is 11.8 Å². The average molecular weight is 229 g/mol. The molecule has 0 aromatic carbocycles. The second-order valence-corrected chi connectivity index (χ2v) is 7.44. The number of fused-ring (bicyclic) bond motifs is 2. The van der Waals surface area contributed by atoms with Crippen molar-refractivity contribution in [1.82, 2.24) is 0 Å². The molecule has 2 aliphatic rings. The van der Waals surface area contributed by atoms with E-state index in [2.05, 4.69) is 30.1 Å². The summed E-state index contributed by atoms with van der Waals surface area (Å²) in [4.78, 5) is 0. The van der Waals surface area contributed by atoms with Crippen LogP contribution in [0.1, 0.15) is 6.42 Å². The predicted molar refractivity (Wildman–Crippen MR) is 60.4 cm³/mol. The van der Waals surface area contributed by atoms with Crippen molar-refractivity contribution in [2.24, 2.45) is 17.8 Å². The molecule has 1 saturated carbocycles. The van der Waals surface area contributed by atoms with Gasteiger partial charge in [0.2, 0.25) is 7.03 Å². The molecule has 0 nitrogen and oxygen atoms in total. The van der Waals surface area contributed by atoms with Crippen molar-refractivity contribution in [2.75, 3.05) is 0 Å². The zero-order valence-corrected chi connectivity index (χ0v) is 9.65. The molecule has 68 valence electrons. The van der Waals surface area contributed by atoms with E-state index in [-0.39, 0.29) is 0 Å². The Balaban J connectivity index is 2.34. The van der Waals surface area contributed by atoms with Crippen LogP contribution in [0.15, 0.2) is 30.0 Å². The van der Waals surface area contributed by atoms with E-state index in [0.29, 0.717) is 17.8 Å². The van der Waals surface area contributed by atoms with Gasteiger partial charge in [0.1, 0.15) is 0 Å². The van der Waals surface area contributed by atoms with E-state index in [1.54, 1.807) is 0 Å². The lowest BCUT2D eigenvalue weighted by molar-refractivity contribution is 0.640. The van der Waals surface area contributed by atoms with Crippen LogP contribution in [-0.4, -0.2) is 12.7 Å². The van der Waals surface area contributed by atoms with E-state index >= 15 is 0 Å². The number of allylic oxidation sites excluding steroid dienone is 3. The van der Waals surface area contributed by atoms with Crippen LogP contribution in [-0.2, 0) is 0 Å². The zero-order valence-electron chi connectivity index (χ0n) is 7.13. The lowest BCUT2D eigenvalue weighted by Gasteiger charge is -2.15. The molecule has 0 aromatic rings. The van der Waals surface area contributed by atoms with Crippen LogP contribution in [0.25, 0.3) is 0 Å². The van der Waals surface area contributed by atoms with Crippen molar-refractivity contribution in [3.63, 3.8) is 0 Å². The standard InChI is InChI=1S/C10H10Cl2Si/c1-2-9-7-3-4-8(5-7)10(9)6-13(11)12/h3-4,6-8,10H,1,5H2. The van der Waals surface area contributed by atoms with E-state index in [1.165, 1.54) is 12.0 Å². The van der Waals surface area contributed by atoms with Gasteiger partial charge in [0.15, 0.2) is 0 Å². The second-order valence-electron chi connectivity index (χ2n) is 3.51. The van der Waals surface area contributed by atoms with E-state index < -0.39 is 7.03 Å². The fourth-order valence-electron chi connectivity index (χ4n) is 2.30. The predicted octanol–water partition coefficient (Wildman–Crippen LogP) is 2.87. The Kier molecular flexibility index (Phi) is 2.62. The summed E-state index contributed by atoms with van der Waals surface area (Å²) < 4.78 is 0. The zero-order chi connectivity index (χ0) is 9.42. The molecule has 1 fully saturated rings. The maximum Gasteiger partial charge on any atom is 0.229 e. The Morgan fingerprint density at radius 2 is 2.31 bits per heavy atom. The summed E-state index contributed by atoms with van der Waals surface area (Å²) in [6.07, 6.45) is 5.71. The third-order valence-corrected chi connectivity index (χ3v) is 4.21. The molecule has 13 heavy (non-hydrogen) atoms. The quantitative estimate of drug-likeness (QED) is 0.281. The van der Waals surface area contributed by atoms with Crippen molar-refractivity contribution in [1.29, 1.82) is 0 Å². The monoisotopic (exact) mass is 228 g/mol. The summed E-state index contributed by atoms with van der Waals surface area (Å²) in [6.45, 7) is 3.73. The molecule has 0 aliphatic heterocycles. The molecule has 0 heterocycles. The molecule has 3 unspecified atom stereocenters. The molecule has 0 N–H and O–H groups in total. The maximum absolute atomic E-state index is 5.84. The van der Waals surface area contributed by atoms with Gasteiger partial charge in [-0.3, -0.25) is 0 Å². The smallest absolute Gasteiger partial charge is 0.128 e. The molecule has 0 aromatic heterocycles. The summed E-state index contributed by atoms with van der Waals surface area (Å²) in [6, 6.07) is 0. The van der Waals surface area contributed by atoms with Crippen LogP contribution in [0.5, 0.6) is 0 Å². The summed E-state index contributed by atoms with van der Waals surface area (Å²) in [5, 5.41) is 0. The molecular formula is C10H10Cl2Si. The largest absolute Gasteiger partial charge is 0.229 e. The third-order valence-electron chi connectivity index (χ3n) is 2.85. The first-order valence-electron chi connectivity index (χ1n) is 4.33. The molecule has 3 heteroatoms. The highest BCUT2D eigenvalue weighted by Crippen LogP contribution is 2.46. The van der Waals surface area contributed by atoms with Crippen molar-refractivity contribution >= 4 is 34.9 Å². The van der Waals surface area contributed by atoms with Crippen LogP contribution < -0.4 is 0 Å². The van der Waals surface area contributed by atoms with Gasteiger partial charge in [-0.1, -0.05) is 24.4 Å². The molecule has 2 bridgehead atoms. The van der Waals surface area contributed by atoms with E-state index in [0.717, 1.165) is 0 Å². The Labute approximate surface area is 89.2 Å². The van der Waals surface area contributed by atoms with Gasteiger partial charge in [-0.05, 0) is 17.9 Å². The van der Waals surface area contributed by atoms with Crippen LogP contribution in [0, 0.1) is 17.8 Å². The molecular weight excluding hydrogens is 219 g/mol. The summed E-state index contributed by atoms with van der Waals surface area (Å²) in [7, 11) is -1.28. The molecule has 0 spiro atoms. The molecule has 0 radical (unpaired) electrons. The van der Waals surface area contributed by atoms with E-state index in [4.69, 9.17) is 22.2 Å².